The molecule has 1 aliphatic carbocycles. The first-order chi connectivity index (χ1) is 14.1. The third-order valence-electron chi connectivity index (χ3n) is 6.02. The van der Waals surface area contributed by atoms with Crippen LogP contribution in [0.1, 0.15) is 30.7 Å². The van der Waals surface area contributed by atoms with Gasteiger partial charge in [0.25, 0.3) is 0 Å². The molecule has 5 rings (SSSR count). The number of hydrogen-bond donors (Lipinski definition) is 3. The lowest BCUT2D eigenvalue weighted by Gasteiger charge is -2.33. The number of benzene rings is 1. The van der Waals surface area contributed by atoms with E-state index >= 15 is 0 Å². The Morgan fingerprint density at radius 1 is 1.31 bits per heavy atom. The molecule has 150 valence electrons. The quantitative estimate of drug-likeness (QED) is 0.557. The van der Waals surface area contributed by atoms with Crippen molar-refractivity contribution in [2.24, 2.45) is 11.7 Å². The Labute approximate surface area is 178 Å². The summed E-state index contributed by atoms with van der Waals surface area (Å²) >= 11 is 3.67. The number of aromatic amines is 1. The summed E-state index contributed by atoms with van der Waals surface area (Å²) in [6.45, 7) is 1.75. The van der Waals surface area contributed by atoms with E-state index in [-0.39, 0.29) is 17.9 Å². The van der Waals surface area contributed by atoms with Gasteiger partial charge in [-0.15, -0.1) is 0 Å². The number of amides is 1. The van der Waals surface area contributed by atoms with Crippen LogP contribution < -0.4 is 16.0 Å². The molecule has 1 amide bonds. The number of fused-ring (bicyclic) bond motifs is 1. The van der Waals surface area contributed by atoms with Crippen molar-refractivity contribution >= 4 is 44.2 Å². The van der Waals surface area contributed by atoms with Gasteiger partial charge in [-0.3, -0.25) is 4.79 Å². The van der Waals surface area contributed by atoms with Crippen LogP contribution in [0.25, 0.3) is 11.0 Å². The normalized spacial score (nSPS) is 23.9. The average Bonchev–Trinajstić information content (AvgIpc) is 3.44. The van der Waals surface area contributed by atoms with E-state index < -0.39 is 0 Å². The van der Waals surface area contributed by atoms with E-state index in [1.54, 1.807) is 0 Å². The predicted octanol–water partition coefficient (Wildman–Crippen LogP) is 4.00. The number of carbonyl (C=O) groups is 1. The van der Waals surface area contributed by atoms with Gasteiger partial charge in [-0.25, -0.2) is 4.98 Å². The molecule has 3 heterocycles. The van der Waals surface area contributed by atoms with E-state index in [1.165, 1.54) is 5.56 Å². The van der Waals surface area contributed by atoms with Gasteiger partial charge in [0.15, 0.2) is 0 Å². The number of hydrogen-bond acceptors (Lipinski definition) is 4. The number of rotatable bonds is 4. The second-order valence-electron chi connectivity index (χ2n) is 8.08. The number of H-pyrrole nitrogens is 1. The van der Waals surface area contributed by atoms with Gasteiger partial charge in [-0.2, -0.15) is 0 Å². The number of halogens is 1. The van der Waals surface area contributed by atoms with Crippen molar-refractivity contribution < 1.29 is 4.79 Å². The molecule has 29 heavy (non-hydrogen) atoms. The fourth-order valence-corrected chi connectivity index (χ4v) is 5.01. The van der Waals surface area contributed by atoms with Crippen LogP contribution >= 0.6 is 15.9 Å². The molecule has 0 radical (unpaired) electrons. The second kappa shape index (κ2) is 7.46. The smallest absolute Gasteiger partial charge is 0.228 e. The van der Waals surface area contributed by atoms with Crippen LogP contribution in [-0.2, 0) is 4.79 Å². The molecule has 3 aromatic rings. The lowest BCUT2D eigenvalue weighted by molar-refractivity contribution is -0.117. The Hall–Kier alpha value is -2.38. The SMILES string of the molecule is N[C@@H]1CCCN(c2c(Br)cnc3[nH]cc(NC(=O)C4CC4c4ccccc4)c23)C1. The van der Waals surface area contributed by atoms with Crippen LogP contribution in [0.4, 0.5) is 11.4 Å². The molecule has 3 atom stereocenters. The Kier molecular flexibility index (Phi) is 4.80. The molecule has 1 aromatic carbocycles. The third kappa shape index (κ3) is 3.53. The van der Waals surface area contributed by atoms with Gasteiger partial charge in [0.1, 0.15) is 5.65 Å². The zero-order valence-corrected chi connectivity index (χ0v) is 17.7. The van der Waals surface area contributed by atoms with Gasteiger partial charge in [-0.1, -0.05) is 30.3 Å². The Bertz CT molecular complexity index is 1050. The fraction of sp³-hybridized carbons (Fsp3) is 0.364. The molecule has 1 aliphatic heterocycles. The molecule has 1 saturated heterocycles. The van der Waals surface area contributed by atoms with Gasteiger partial charge >= 0.3 is 0 Å². The molecule has 4 N–H and O–H groups in total. The highest BCUT2D eigenvalue weighted by atomic mass is 79.9. The van der Waals surface area contributed by atoms with Crippen LogP contribution in [0, 0.1) is 5.92 Å². The van der Waals surface area contributed by atoms with Crippen molar-refractivity contribution in [2.75, 3.05) is 23.3 Å². The molecule has 1 saturated carbocycles. The minimum atomic E-state index is 0.0225. The number of anilines is 2. The minimum Gasteiger partial charge on any atom is -0.368 e. The summed E-state index contributed by atoms with van der Waals surface area (Å²) in [5, 5.41) is 4.10. The lowest BCUT2D eigenvalue weighted by atomic mass is 10.1. The highest BCUT2D eigenvalue weighted by molar-refractivity contribution is 9.10. The second-order valence-corrected chi connectivity index (χ2v) is 8.93. The summed E-state index contributed by atoms with van der Waals surface area (Å²) < 4.78 is 0.919. The van der Waals surface area contributed by atoms with Crippen LogP contribution in [0.15, 0.2) is 47.2 Å². The summed E-state index contributed by atoms with van der Waals surface area (Å²) in [5.74, 6) is 0.404. The topological polar surface area (TPSA) is 87.0 Å². The summed E-state index contributed by atoms with van der Waals surface area (Å²) in [4.78, 5) is 22.9. The average molecular weight is 454 g/mol. The van der Waals surface area contributed by atoms with Crippen LogP contribution in [0.3, 0.4) is 0 Å². The molecule has 0 bridgehead atoms. The summed E-state index contributed by atoms with van der Waals surface area (Å²) in [6.07, 6.45) is 6.65. The highest BCUT2D eigenvalue weighted by Crippen LogP contribution is 2.48. The van der Waals surface area contributed by atoms with Crippen LogP contribution in [0.5, 0.6) is 0 Å². The molecule has 6 nitrogen and oxygen atoms in total. The maximum Gasteiger partial charge on any atom is 0.228 e. The monoisotopic (exact) mass is 453 g/mol. The zero-order chi connectivity index (χ0) is 20.0. The first-order valence-electron chi connectivity index (χ1n) is 10.1. The largest absolute Gasteiger partial charge is 0.368 e. The van der Waals surface area contributed by atoms with Gasteiger partial charge in [-0.05, 0) is 46.7 Å². The Morgan fingerprint density at radius 2 is 2.14 bits per heavy atom. The molecule has 2 aliphatic rings. The number of nitrogens with two attached hydrogens (primary N) is 1. The number of aromatic nitrogens is 2. The van der Waals surface area contributed by atoms with Gasteiger partial charge in [0.2, 0.25) is 5.91 Å². The summed E-state index contributed by atoms with van der Waals surface area (Å²) in [6, 6.07) is 10.4. The van der Waals surface area contributed by atoms with E-state index in [9.17, 15) is 4.79 Å². The summed E-state index contributed by atoms with van der Waals surface area (Å²) in [5.41, 5.74) is 10.1. The van der Waals surface area contributed by atoms with Crippen molar-refractivity contribution in [2.45, 2.75) is 31.2 Å². The van der Waals surface area contributed by atoms with Crippen LogP contribution in [-0.4, -0.2) is 35.0 Å². The van der Waals surface area contributed by atoms with E-state index in [0.717, 1.165) is 59.2 Å². The number of carbonyl (C=O) groups excluding carboxylic acids is 1. The number of pyridine rings is 1. The molecule has 0 spiro atoms. The molecule has 2 aromatic heterocycles. The highest BCUT2D eigenvalue weighted by Gasteiger charge is 2.44. The number of nitrogens with zero attached hydrogens (tertiary/aromatic N) is 2. The third-order valence-corrected chi connectivity index (χ3v) is 6.60. The first-order valence-corrected chi connectivity index (χ1v) is 10.9. The molecule has 7 heteroatoms. The maximum absolute atomic E-state index is 12.9. The van der Waals surface area contributed by atoms with Gasteiger partial charge in [0, 0.05) is 37.4 Å². The minimum absolute atomic E-state index is 0.0225. The summed E-state index contributed by atoms with van der Waals surface area (Å²) in [7, 11) is 0. The van der Waals surface area contributed by atoms with E-state index in [4.69, 9.17) is 5.73 Å². The van der Waals surface area contributed by atoms with Gasteiger partial charge in [0.05, 0.1) is 21.2 Å². The lowest BCUT2D eigenvalue weighted by Crippen LogP contribution is -2.43. The van der Waals surface area contributed by atoms with Crippen molar-refractivity contribution in [1.82, 2.24) is 9.97 Å². The van der Waals surface area contributed by atoms with E-state index in [0.29, 0.717) is 5.92 Å². The fourth-order valence-electron chi connectivity index (χ4n) is 4.46. The zero-order valence-electron chi connectivity index (χ0n) is 16.1. The molecule has 2 unspecified atom stereocenters. The van der Waals surface area contributed by atoms with Gasteiger partial charge < -0.3 is 20.9 Å². The van der Waals surface area contributed by atoms with Crippen molar-refractivity contribution in [1.29, 1.82) is 0 Å². The molecule has 2 fully saturated rings. The Morgan fingerprint density at radius 3 is 2.93 bits per heavy atom. The number of nitrogens with one attached hydrogen (secondary N) is 2. The number of piperidine rings is 1. The Balaban J connectivity index is 1.42. The van der Waals surface area contributed by atoms with Crippen molar-refractivity contribution in [3.8, 4) is 0 Å². The van der Waals surface area contributed by atoms with Crippen LogP contribution in [0.2, 0.25) is 0 Å². The predicted molar refractivity (Wildman–Crippen MR) is 119 cm³/mol. The maximum atomic E-state index is 12.9. The molecular weight excluding hydrogens is 430 g/mol. The first kappa shape index (κ1) is 18.6. The van der Waals surface area contributed by atoms with E-state index in [2.05, 4.69) is 48.2 Å². The molecular formula is C22H24BrN5O. The standard InChI is InChI=1S/C22H24BrN5O/c23-17-10-25-21-19(20(17)28-8-4-7-14(24)12-28)18(11-26-21)27-22(29)16-9-15(16)13-5-2-1-3-6-13/h1-3,5-6,10-11,14-16H,4,7-9,12,24H2,(H,25,26)(H,27,29)/t14-,15?,16?/m1/s1. The van der Waals surface area contributed by atoms with Crippen molar-refractivity contribution in [3.63, 3.8) is 0 Å². The van der Waals surface area contributed by atoms with Crippen molar-refractivity contribution in [3.05, 3.63) is 52.8 Å². The van der Waals surface area contributed by atoms with E-state index in [1.807, 2.05) is 30.6 Å².